The molecule has 2 aromatic rings. The van der Waals surface area contributed by atoms with Crippen LogP contribution in [0.3, 0.4) is 0 Å². The smallest absolute Gasteiger partial charge is 0.290 e. The van der Waals surface area contributed by atoms with Gasteiger partial charge in [-0.1, -0.05) is 16.8 Å². The van der Waals surface area contributed by atoms with Gasteiger partial charge in [0.25, 0.3) is 11.8 Å². The number of carbonyl (C=O) groups is 2. The molecule has 1 aromatic carbocycles. The summed E-state index contributed by atoms with van der Waals surface area (Å²) in [5, 5.41) is 9.33. The van der Waals surface area contributed by atoms with Crippen molar-refractivity contribution >= 4 is 23.4 Å². The number of halogens is 2. The number of carbonyl (C=O) groups excluding carboxylic acids is 2. The molecular formula is C17H15ClFN3O4. The fourth-order valence-electron chi connectivity index (χ4n) is 3.74. The van der Waals surface area contributed by atoms with Gasteiger partial charge in [0.05, 0.1) is 11.2 Å². The number of benzene rings is 1. The molecule has 3 aliphatic carbocycles. The first kappa shape index (κ1) is 16.8. The first-order chi connectivity index (χ1) is 12.4. The Balaban J connectivity index is 1.23. The highest BCUT2D eigenvalue weighted by Gasteiger charge is 2.69. The summed E-state index contributed by atoms with van der Waals surface area (Å²) in [5.74, 6) is -0.814. The monoisotopic (exact) mass is 379 g/mol. The van der Waals surface area contributed by atoms with Crippen LogP contribution in [0.5, 0.6) is 5.75 Å². The predicted molar refractivity (Wildman–Crippen MR) is 88.3 cm³/mol. The lowest BCUT2D eigenvalue weighted by Crippen LogP contribution is -2.84. The number of rotatable bonds is 6. The summed E-state index contributed by atoms with van der Waals surface area (Å²) in [6.45, 7) is -0.222. The molecule has 2 bridgehead atoms. The van der Waals surface area contributed by atoms with Crippen LogP contribution in [0.15, 0.2) is 35.0 Å². The lowest BCUT2D eigenvalue weighted by atomic mass is 9.44. The van der Waals surface area contributed by atoms with E-state index in [1.165, 1.54) is 24.4 Å². The van der Waals surface area contributed by atoms with Crippen molar-refractivity contribution < 1.29 is 23.2 Å². The Morgan fingerprint density at radius 3 is 2.62 bits per heavy atom. The number of aromatic nitrogens is 1. The van der Waals surface area contributed by atoms with E-state index in [2.05, 4.69) is 15.8 Å². The van der Waals surface area contributed by atoms with Crippen molar-refractivity contribution in [3.63, 3.8) is 0 Å². The second-order valence-electron chi connectivity index (χ2n) is 6.83. The number of nitrogens with zero attached hydrogens (tertiary/aromatic N) is 1. The van der Waals surface area contributed by atoms with Crippen molar-refractivity contribution in [2.24, 2.45) is 0 Å². The van der Waals surface area contributed by atoms with Gasteiger partial charge in [0, 0.05) is 23.2 Å². The summed E-state index contributed by atoms with van der Waals surface area (Å²) < 4.78 is 23.4. The zero-order chi connectivity index (χ0) is 18.4. The normalized spacial score (nSPS) is 25.6. The van der Waals surface area contributed by atoms with Crippen LogP contribution < -0.4 is 15.4 Å². The SMILES string of the molecule is O=C(COc1ccc(Cl)c(F)c1)NC12CC(NC(=O)c3ccno3)(C1)C2. The zero-order valence-electron chi connectivity index (χ0n) is 13.6. The molecule has 0 radical (unpaired) electrons. The Morgan fingerprint density at radius 1 is 1.23 bits per heavy atom. The molecule has 136 valence electrons. The quantitative estimate of drug-likeness (QED) is 0.801. The summed E-state index contributed by atoms with van der Waals surface area (Å²) in [6, 6.07) is 5.49. The van der Waals surface area contributed by atoms with Crippen LogP contribution in [0.4, 0.5) is 4.39 Å². The summed E-state index contributed by atoms with van der Waals surface area (Å²) >= 11 is 5.59. The Kier molecular flexibility index (Phi) is 3.87. The van der Waals surface area contributed by atoms with E-state index in [0.717, 1.165) is 6.07 Å². The Labute approximate surface area is 152 Å². The minimum atomic E-state index is -0.603. The van der Waals surface area contributed by atoms with Crippen LogP contribution in [0, 0.1) is 5.82 Å². The van der Waals surface area contributed by atoms with Crippen molar-refractivity contribution in [2.75, 3.05) is 6.61 Å². The third kappa shape index (κ3) is 3.01. The number of amides is 2. The Morgan fingerprint density at radius 2 is 1.96 bits per heavy atom. The van der Waals surface area contributed by atoms with Crippen LogP contribution in [0.1, 0.15) is 29.8 Å². The van der Waals surface area contributed by atoms with Gasteiger partial charge in [-0.25, -0.2) is 4.39 Å². The van der Waals surface area contributed by atoms with E-state index in [9.17, 15) is 14.0 Å². The second kappa shape index (κ2) is 5.98. The number of ether oxygens (including phenoxy) is 1. The fraction of sp³-hybridized carbons (Fsp3) is 0.353. The molecule has 0 spiro atoms. The zero-order valence-corrected chi connectivity index (χ0v) is 14.3. The summed E-state index contributed by atoms with van der Waals surface area (Å²) in [4.78, 5) is 24.0. The number of hydrogen-bond donors (Lipinski definition) is 2. The van der Waals surface area contributed by atoms with Crippen molar-refractivity contribution in [3.05, 3.63) is 47.1 Å². The average Bonchev–Trinajstić information content (AvgIpc) is 3.07. The standard InChI is InChI=1S/C17H15ClFN3O4/c18-11-2-1-10(5-12(11)19)25-6-14(23)21-16-7-17(8-16,9-16)22-15(24)13-3-4-20-26-13/h1-5H,6-9H2,(H,21,23)(H,22,24). The molecule has 3 aliphatic rings. The minimum absolute atomic E-state index is 0.00616. The van der Waals surface area contributed by atoms with Gasteiger partial charge in [-0.15, -0.1) is 0 Å². The van der Waals surface area contributed by atoms with Crippen molar-refractivity contribution in [1.29, 1.82) is 0 Å². The van der Waals surface area contributed by atoms with Crippen LogP contribution in [0.25, 0.3) is 0 Å². The minimum Gasteiger partial charge on any atom is -0.484 e. The third-order valence-electron chi connectivity index (χ3n) is 4.74. The van der Waals surface area contributed by atoms with E-state index < -0.39 is 5.82 Å². The van der Waals surface area contributed by atoms with Gasteiger partial charge in [-0.3, -0.25) is 9.59 Å². The van der Waals surface area contributed by atoms with Gasteiger partial charge < -0.3 is 19.9 Å². The highest BCUT2D eigenvalue weighted by molar-refractivity contribution is 6.30. The molecule has 1 aromatic heterocycles. The summed E-state index contributed by atoms with van der Waals surface area (Å²) in [7, 11) is 0. The molecule has 2 N–H and O–H groups in total. The van der Waals surface area contributed by atoms with Gasteiger partial charge in [-0.2, -0.15) is 0 Å². The third-order valence-corrected chi connectivity index (χ3v) is 5.04. The Bertz CT molecular complexity index is 851. The highest BCUT2D eigenvalue weighted by atomic mass is 35.5. The average molecular weight is 380 g/mol. The predicted octanol–water partition coefficient (Wildman–Crippen LogP) is 2.07. The highest BCUT2D eigenvalue weighted by Crippen LogP contribution is 2.60. The lowest BCUT2D eigenvalue weighted by Gasteiger charge is -2.70. The molecule has 5 rings (SSSR count). The number of nitrogens with one attached hydrogen (secondary N) is 2. The van der Waals surface area contributed by atoms with E-state index in [4.69, 9.17) is 20.9 Å². The first-order valence-electron chi connectivity index (χ1n) is 8.01. The maximum Gasteiger partial charge on any atom is 0.290 e. The molecule has 0 saturated heterocycles. The van der Waals surface area contributed by atoms with Crippen LogP contribution in [-0.2, 0) is 4.79 Å². The van der Waals surface area contributed by atoms with E-state index in [-0.39, 0.29) is 46.0 Å². The molecule has 9 heteroatoms. The van der Waals surface area contributed by atoms with Gasteiger partial charge in [0.1, 0.15) is 11.6 Å². The molecule has 0 aliphatic heterocycles. The second-order valence-corrected chi connectivity index (χ2v) is 7.24. The molecule has 0 atom stereocenters. The maximum absolute atomic E-state index is 13.3. The largest absolute Gasteiger partial charge is 0.484 e. The molecule has 3 fully saturated rings. The maximum atomic E-state index is 13.3. The first-order valence-corrected chi connectivity index (χ1v) is 8.39. The fourth-order valence-corrected chi connectivity index (χ4v) is 3.85. The molecule has 7 nitrogen and oxygen atoms in total. The summed E-state index contributed by atoms with van der Waals surface area (Å²) in [5.41, 5.74) is -0.600. The van der Waals surface area contributed by atoms with E-state index in [1.807, 2.05) is 0 Å². The summed E-state index contributed by atoms with van der Waals surface area (Å²) in [6.07, 6.45) is 3.37. The van der Waals surface area contributed by atoms with Crippen molar-refractivity contribution in [1.82, 2.24) is 15.8 Å². The Hall–Kier alpha value is -2.61. The molecular weight excluding hydrogens is 365 g/mol. The van der Waals surface area contributed by atoms with Gasteiger partial charge in [0.2, 0.25) is 5.76 Å². The molecule has 0 unspecified atom stereocenters. The van der Waals surface area contributed by atoms with Gasteiger partial charge in [0.15, 0.2) is 6.61 Å². The van der Waals surface area contributed by atoms with Gasteiger partial charge in [-0.05, 0) is 31.4 Å². The van der Waals surface area contributed by atoms with E-state index in [0.29, 0.717) is 19.3 Å². The van der Waals surface area contributed by atoms with Crippen molar-refractivity contribution in [2.45, 2.75) is 30.3 Å². The number of hydrogen-bond acceptors (Lipinski definition) is 5. The van der Waals surface area contributed by atoms with Gasteiger partial charge >= 0.3 is 0 Å². The van der Waals surface area contributed by atoms with Crippen LogP contribution in [0.2, 0.25) is 5.02 Å². The van der Waals surface area contributed by atoms with Crippen LogP contribution >= 0.6 is 11.6 Å². The molecule has 26 heavy (non-hydrogen) atoms. The molecule has 3 saturated carbocycles. The van der Waals surface area contributed by atoms with Crippen LogP contribution in [-0.4, -0.2) is 34.7 Å². The van der Waals surface area contributed by atoms with Crippen molar-refractivity contribution in [3.8, 4) is 5.75 Å². The molecule has 2 amide bonds. The molecule has 1 heterocycles. The lowest BCUT2D eigenvalue weighted by molar-refractivity contribution is -0.141. The van der Waals surface area contributed by atoms with E-state index >= 15 is 0 Å². The topological polar surface area (TPSA) is 93.5 Å². The van der Waals surface area contributed by atoms with E-state index in [1.54, 1.807) is 0 Å².